The molecular weight excluding hydrogens is 290 g/mol. The van der Waals surface area contributed by atoms with Crippen LogP contribution in [0.15, 0.2) is 4.99 Å². The molecule has 0 aromatic carbocycles. The number of hydrogen-bond acceptors (Lipinski definition) is 4. The lowest BCUT2D eigenvalue weighted by molar-refractivity contribution is 0.180. The van der Waals surface area contributed by atoms with Gasteiger partial charge in [0.25, 0.3) is 0 Å². The van der Waals surface area contributed by atoms with Crippen LogP contribution in [0.2, 0.25) is 0 Å². The Morgan fingerprint density at radius 1 is 1.35 bits per heavy atom. The van der Waals surface area contributed by atoms with Crippen molar-refractivity contribution in [3.8, 4) is 0 Å². The number of guanidine groups is 1. The van der Waals surface area contributed by atoms with Crippen LogP contribution in [0.4, 0.5) is 0 Å². The standard InChI is InChI=1S/C17H37N5O/c1-5-9-22-11-7-16(15-22)14-20-17(18-2)19-8-12-21(3)10-6-13-23-4/h16H,5-15H2,1-4H3,(H2,18,19,20). The molecule has 0 saturated carbocycles. The largest absolute Gasteiger partial charge is 0.385 e. The summed E-state index contributed by atoms with van der Waals surface area (Å²) in [4.78, 5) is 9.20. The number of rotatable bonds is 11. The summed E-state index contributed by atoms with van der Waals surface area (Å²) in [6.45, 7) is 10.8. The van der Waals surface area contributed by atoms with Gasteiger partial charge in [-0.15, -0.1) is 0 Å². The number of methoxy groups -OCH3 is 1. The van der Waals surface area contributed by atoms with Crippen molar-refractivity contribution in [1.29, 1.82) is 0 Å². The molecule has 1 atom stereocenters. The van der Waals surface area contributed by atoms with Crippen molar-refractivity contribution in [3.63, 3.8) is 0 Å². The van der Waals surface area contributed by atoms with Crippen molar-refractivity contribution in [3.05, 3.63) is 0 Å². The molecule has 1 rings (SSSR count). The van der Waals surface area contributed by atoms with E-state index in [1.807, 2.05) is 7.05 Å². The highest BCUT2D eigenvalue weighted by Crippen LogP contribution is 2.15. The fourth-order valence-corrected chi connectivity index (χ4v) is 3.02. The van der Waals surface area contributed by atoms with E-state index in [1.54, 1.807) is 7.11 Å². The monoisotopic (exact) mass is 327 g/mol. The molecule has 23 heavy (non-hydrogen) atoms. The highest BCUT2D eigenvalue weighted by molar-refractivity contribution is 5.79. The Kier molecular flexibility index (Phi) is 11.0. The van der Waals surface area contributed by atoms with Crippen molar-refractivity contribution < 1.29 is 4.74 Å². The van der Waals surface area contributed by atoms with Gasteiger partial charge in [0.2, 0.25) is 0 Å². The summed E-state index contributed by atoms with van der Waals surface area (Å²) in [7, 11) is 5.74. The predicted octanol–water partition coefficient (Wildman–Crippen LogP) is 0.852. The zero-order chi connectivity index (χ0) is 16.9. The second-order valence-corrected chi connectivity index (χ2v) is 6.48. The summed E-state index contributed by atoms with van der Waals surface area (Å²) in [6, 6.07) is 0. The molecule has 0 bridgehead atoms. The highest BCUT2D eigenvalue weighted by atomic mass is 16.5. The van der Waals surface area contributed by atoms with E-state index in [4.69, 9.17) is 4.74 Å². The van der Waals surface area contributed by atoms with E-state index in [0.29, 0.717) is 0 Å². The van der Waals surface area contributed by atoms with Crippen molar-refractivity contribution in [2.75, 3.05) is 73.6 Å². The molecule has 0 spiro atoms. The number of ether oxygens (including phenoxy) is 1. The second-order valence-electron chi connectivity index (χ2n) is 6.48. The van der Waals surface area contributed by atoms with Crippen molar-refractivity contribution in [2.45, 2.75) is 26.2 Å². The smallest absolute Gasteiger partial charge is 0.191 e. The number of nitrogens with zero attached hydrogens (tertiary/aromatic N) is 3. The predicted molar refractivity (Wildman–Crippen MR) is 98.2 cm³/mol. The third kappa shape index (κ3) is 9.13. The van der Waals surface area contributed by atoms with E-state index in [2.05, 4.69) is 39.4 Å². The number of likely N-dealkylation sites (N-methyl/N-ethyl adjacent to an activating group) is 1. The van der Waals surface area contributed by atoms with Gasteiger partial charge in [-0.2, -0.15) is 0 Å². The van der Waals surface area contributed by atoms with Crippen LogP contribution in [-0.2, 0) is 4.74 Å². The molecule has 1 heterocycles. The van der Waals surface area contributed by atoms with Gasteiger partial charge in [0.05, 0.1) is 0 Å². The van der Waals surface area contributed by atoms with E-state index >= 15 is 0 Å². The zero-order valence-electron chi connectivity index (χ0n) is 15.6. The van der Waals surface area contributed by atoms with Crippen molar-refractivity contribution in [1.82, 2.24) is 20.4 Å². The lowest BCUT2D eigenvalue weighted by atomic mass is 10.1. The van der Waals surface area contributed by atoms with E-state index in [-0.39, 0.29) is 0 Å². The summed E-state index contributed by atoms with van der Waals surface area (Å²) in [5, 5.41) is 6.88. The van der Waals surface area contributed by atoms with Crippen LogP contribution in [0.5, 0.6) is 0 Å². The minimum absolute atomic E-state index is 0.747. The zero-order valence-corrected chi connectivity index (χ0v) is 15.6. The summed E-state index contributed by atoms with van der Waals surface area (Å²) in [6.07, 6.45) is 3.63. The number of nitrogens with one attached hydrogen (secondary N) is 2. The lowest BCUT2D eigenvalue weighted by Gasteiger charge is -2.19. The SMILES string of the molecule is CCCN1CCC(CNC(=NC)NCCN(C)CCCOC)C1. The van der Waals surface area contributed by atoms with Gasteiger partial charge in [0.15, 0.2) is 5.96 Å². The maximum absolute atomic E-state index is 5.08. The van der Waals surface area contributed by atoms with Crippen LogP contribution in [0.25, 0.3) is 0 Å². The average Bonchev–Trinajstić information content (AvgIpc) is 2.99. The Balaban J connectivity index is 2.10. The first kappa shape index (κ1) is 20.2. The van der Waals surface area contributed by atoms with E-state index in [0.717, 1.165) is 51.1 Å². The molecule has 1 aliphatic heterocycles. The van der Waals surface area contributed by atoms with Crippen LogP contribution >= 0.6 is 0 Å². The van der Waals surface area contributed by atoms with Gasteiger partial charge in [-0.05, 0) is 45.3 Å². The Morgan fingerprint density at radius 3 is 2.87 bits per heavy atom. The molecule has 0 radical (unpaired) electrons. The Hall–Kier alpha value is -0.850. The summed E-state index contributed by atoms with van der Waals surface area (Å²) < 4.78 is 5.08. The topological polar surface area (TPSA) is 52.1 Å². The summed E-state index contributed by atoms with van der Waals surface area (Å²) in [5.74, 6) is 1.67. The molecule has 0 aromatic heterocycles. The molecule has 1 fully saturated rings. The summed E-state index contributed by atoms with van der Waals surface area (Å²) >= 11 is 0. The molecule has 136 valence electrons. The van der Waals surface area contributed by atoms with Crippen LogP contribution < -0.4 is 10.6 Å². The van der Waals surface area contributed by atoms with E-state index < -0.39 is 0 Å². The molecule has 1 unspecified atom stereocenters. The third-order valence-electron chi connectivity index (χ3n) is 4.37. The van der Waals surface area contributed by atoms with Gasteiger partial charge < -0.3 is 25.2 Å². The molecule has 1 aliphatic rings. The van der Waals surface area contributed by atoms with Crippen molar-refractivity contribution in [2.24, 2.45) is 10.9 Å². The molecule has 0 aliphatic carbocycles. The Morgan fingerprint density at radius 2 is 2.17 bits per heavy atom. The minimum Gasteiger partial charge on any atom is -0.385 e. The molecule has 1 saturated heterocycles. The number of aliphatic imine (C=N–C) groups is 1. The fourth-order valence-electron chi connectivity index (χ4n) is 3.02. The van der Waals surface area contributed by atoms with Crippen molar-refractivity contribution >= 4 is 5.96 Å². The lowest BCUT2D eigenvalue weighted by Crippen LogP contribution is -2.43. The van der Waals surface area contributed by atoms with E-state index in [1.165, 1.54) is 32.5 Å². The molecule has 6 nitrogen and oxygen atoms in total. The molecule has 0 aromatic rings. The van der Waals surface area contributed by atoms with Crippen LogP contribution in [0.1, 0.15) is 26.2 Å². The third-order valence-corrected chi connectivity index (χ3v) is 4.37. The second kappa shape index (κ2) is 12.6. The quantitative estimate of drug-likeness (QED) is 0.335. The molecular formula is C17H37N5O. The first-order valence-corrected chi connectivity index (χ1v) is 9.04. The van der Waals surface area contributed by atoms with Crippen LogP contribution in [0.3, 0.4) is 0 Å². The normalized spacial score (nSPS) is 19.5. The molecule has 6 heteroatoms. The van der Waals surface area contributed by atoms with Gasteiger partial charge in [0, 0.05) is 53.5 Å². The van der Waals surface area contributed by atoms with Gasteiger partial charge >= 0.3 is 0 Å². The highest BCUT2D eigenvalue weighted by Gasteiger charge is 2.21. The van der Waals surface area contributed by atoms with Gasteiger partial charge in [-0.1, -0.05) is 6.92 Å². The fraction of sp³-hybridized carbons (Fsp3) is 0.941. The van der Waals surface area contributed by atoms with E-state index in [9.17, 15) is 0 Å². The first-order valence-electron chi connectivity index (χ1n) is 9.04. The average molecular weight is 328 g/mol. The maximum atomic E-state index is 5.08. The maximum Gasteiger partial charge on any atom is 0.191 e. The Labute approximate surface area is 142 Å². The molecule has 0 amide bonds. The van der Waals surface area contributed by atoms with Gasteiger partial charge in [0.1, 0.15) is 0 Å². The molecule has 2 N–H and O–H groups in total. The van der Waals surface area contributed by atoms with Gasteiger partial charge in [-0.25, -0.2) is 0 Å². The van der Waals surface area contributed by atoms with Crippen LogP contribution in [-0.4, -0.2) is 89.4 Å². The number of hydrogen-bond donors (Lipinski definition) is 2. The number of likely N-dealkylation sites (tertiary alicyclic amines) is 1. The first-order chi connectivity index (χ1) is 11.2. The van der Waals surface area contributed by atoms with Crippen LogP contribution in [0, 0.1) is 5.92 Å². The Bertz CT molecular complexity index is 324. The minimum atomic E-state index is 0.747. The van der Waals surface area contributed by atoms with Gasteiger partial charge in [-0.3, -0.25) is 4.99 Å². The summed E-state index contributed by atoms with van der Waals surface area (Å²) in [5.41, 5.74) is 0.